The first-order valence-electron chi connectivity index (χ1n) is 13.4. The summed E-state index contributed by atoms with van der Waals surface area (Å²) in [7, 11) is 3.20. The number of H-pyrrole nitrogens is 1. The van der Waals surface area contributed by atoms with Crippen LogP contribution in [0.1, 0.15) is 41.3 Å². The summed E-state index contributed by atoms with van der Waals surface area (Å²) in [5.74, 6) is 1.03. The Morgan fingerprint density at radius 3 is 2.33 bits per heavy atom. The van der Waals surface area contributed by atoms with Crippen molar-refractivity contribution in [3.63, 3.8) is 0 Å². The second-order valence-corrected chi connectivity index (χ2v) is 9.56. The van der Waals surface area contributed by atoms with Crippen LogP contribution in [0.5, 0.6) is 11.5 Å². The van der Waals surface area contributed by atoms with Gasteiger partial charge in [-0.15, -0.1) is 0 Å². The normalized spacial score (nSPS) is 10.8. The predicted molar refractivity (Wildman–Crippen MR) is 154 cm³/mol. The van der Waals surface area contributed by atoms with E-state index < -0.39 is 0 Å². The molecule has 0 aliphatic rings. The number of aromatic nitrogens is 1. The van der Waals surface area contributed by atoms with Gasteiger partial charge in [0.15, 0.2) is 11.5 Å². The minimum absolute atomic E-state index is 0.0227. The summed E-state index contributed by atoms with van der Waals surface area (Å²) in [6.45, 7) is 3.54. The molecule has 204 valence electrons. The third-order valence-corrected chi connectivity index (χ3v) is 6.92. The van der Waals surface area contributed by atoms with Crippen LogP contribution in [-0.2, 0) is 17.8 Å². The monoisotopic (exact) mass is 527 g/mol. The third-order valence-electron chi connectivity index (χ3n) is 6.92. The molecule has 2 amide bonds. The molecule has 39 heavy (non-hydrogen) atoms. The van der Waals surface area contributed by atoms with E-state index in [0.29, 0.717) is 43.1 Å². The number of para-hydroxylation sites is 1. The van der Waals surface area contributed by atoms with Gasteiger partial charge >= 0.3 is 0 Å². The zero-order chi connectivity index (χ0) is 27.6. The molecule has 1 aromatic heterocycles. The fourth-order valence-electron chi connectivity index (χ4n) is 4.71. The molecule has 7 nitrogen and oxygen atoms in total. The van der Waals surface area contributed by atoms with E-state index in [0.717, 1.165) is 34.9 Å². The van der Waals surface area contributed by atoms with Crippen molar-refractivity contribution >= 4 is 22.7 Å². The number of nitrogens with zero attached hydrogens (tertiary/aromatic N) is 2. The standard InChI is InChI=1S/C32H37N3O4/c1-4-5-18-35(32(37)25-11-7-6-8-12-25)23-31(36)34(22-24-15-16-29(38-2)30(20-24)39-3)19-17-26-21-33-28-14-10-9-13-27(26)28/h6-16,20-21,33H,4-5,17-19,22-23H2,1-3H3. The summed E-state index contributed by atoms with van der Waals surface area (Å²) in [6, 6.07) is 23.0. The van der Waals surface area contributed by atoms with E-state index in [2.05, 4.69) is 18.0 Å². The van der Waals surface area contributed by atoms with Crippen LogP contribution in [0.15, 0.2) is 79.0 Å². The molecule has 4 rings (SSSR count). The van der Waals surface area contributed by atoms with Gasteiger partial charge in [0.2, 0.25) is 5.91 Å². The summed E-state index contributed by atoms with van der Waals surface area (Å²) in [5, 5.41) is 1.15. The third kappa shape index (κ3) is 6.99. The highest BCUT2D eigenvalue weighted by atomic mass is 16.5. The first-order chi connectivity index (χ1) is 19.0. The van der Waals surface area contributed by atoms with Gasteiger partial charge in [0.1, 0.15) is 6.54 Å². The summed E-state index contributed by atoms with van der Waals surface area (Å²) in [4.78, 5) is 34.0. The molecule has 0 unspecified atom stereocenters. The SMILES string of the molecule is CCCCN(CC(=O)N(CCc1c[nH]c2ccccc12)Cc1ccc(OC)c(OC)c1)C(=O)c1ccccc1. The molecule has 0 fully saturated rings. The Labute approximate surface area is 230 Å². The largest absolute Gasteiger partial charge is 0.493 e. The van der Waals surface area contributed by atoms with Crippen LogP contribution >= 0.6 is 0 Å². The number of unbranched alkanes of at least 4 members (excludes halogenated alkanes) is 1. The molecule has 0 atom stereocenters. The van der Waals surface area contributed by atoms with Gasteiger partial charge in [-0.05, 0) is 54.3 Å². The van der Waals surface area contributed by atoms with Crippen molar-refractivity contribution < 1.29 is 19.1 Å². The number of methoxy groups -OCH3 is 2. The number of hydrogen-bond acceptors (Lipinski definition) is 4. The highest BCUT2D eigenvalue weighted by Crippen LogP contribution is 2.28. The lowest BCUT2D eigenvalue weighted by Gasteiger charge is -2.28. The quantitative estimate of drug-likeness (QED) is 0.242. The molecular formula is C32H37N3O4. The smallest absolute Gasteiger partial charge is 0.254 e. The summed E-state index contributed by atoms with van der Waals surface area (Å²) < 4.78 is 10.9. The van der Waals surface area contributed by atoms with Gasteiger partial charge in [-0.25, -0.2) is 0 Å². The van der Waals surface area contributed by atoms with Gasteiger partial charge < -0.3 is 24.3 Å². The average molecular weight is 528 g/mol. The van der Waals surface area contributed by atoms with E-state index in [1.165, 1.54) is 0 Å². The summed E-state index contributed by atoms with van der Waals surface area (Å²) in [6.07, 6.45) is 4.46. The van der Waals surface area contributed by atoms with Crippen LogP contribution in [0.3, 0.4) is 0 Å². The predicted octanol–water partition coefficient (Wildman–Crippen LogP) is 5.70. The fourth-order valence-corrected chi connectivity index (χ4v) is 4.71. The first kappa shape index (κ1) is 27.8. The Hall–Kier alpha value is -4.26. The van der Waals surface area contributed by atoms with Crippen molar-refractivity contribution in [2.45, 2.75) is 32.7 Å². The van der Waals surface area contributed by atoms with Crippen LogP contribution in [0.4, 0.5) is 0 Å². The second kappa shape index (κ2) is 13.5. The van der Waals surface area contributed by atoms with Crippen molar-refractivity contribution in [2.24, 2.45) is 0 Å². The molecule has 4 aromatic rings. The lowest BCUT2D eigenvalue weighted by atomic mass is 10.1. The molecule has 0 bridgehead atoms. The highest BCUT2D eigenvalue weighted by molar-refractivity contribution is 5.96. The molecule has 0 saturated carbocycles. The van der Waals surface area contributed by atoms with Gasteiger partial charge in [0.05, 0.1) is 14.2 Å². The Morgan fingerprint density at radius 2 is 1.59 bits per heavy atom. The van der Waals surface area contributed by atoms with Crippen molar-refractivity contribution in [1.82, 2.24) is 14.8 Å². The van der Waals surface area contributed by atoms with Crippen LogP contribution in [0, 0.1) is 0 Å². The molecule has 0 saturated heterocycles. The lowest BCUT2D eigenvalue weighted by molar-refractivity contribution is -0.132. The van der Waals surface area contributed by atoms with Crippen molar-refractivity contribution in [3.8, 4) is 11.5 Å². The van der Waals surface area contributed by atoms with E-state index in [1.54, 1.807) is 31.3 Å². The number of hydrogen-bond donors (Lipinski definition) is 1. The van der Waals surface area contributed by atoms with E-state index in [-0.39, 0.29) is 18.4 Å². The fraction of sp³-hybridized carbons (Fsp3) is 0.312. The molecule has 0 radical (unpaired) electrons. The molecule has 1 heterocycles. The van der Waals surface area contributed by atoms with E-state index in [4.69, 9.17) is 9.47 Å². The Balaban J connectivity index is 1.57. The lowest BCUT2D eigenvalue weighted by Crippen LogP contribution is -2.43. The minimum atomic E-state index is -0.125. The molecule has 0 aliphatic carbocycles. The van der Waals surface area contributed by atoms with Gasteiger partial charge in [0, 0.05) is 42.3 Å². The number of benzene rings is 3. The van der Waals surface area contributed by atoms with Crippen molar-refractivity contribution in [3.05, 3.63) is 95.7 Å². The molecule has 0 spiro atoms. The number of carbonyl (C=O) groups excluding carboxylic acids is 2. The maximum atomic E-state index is 13.8. The minimum Gasteiger partial charge on any atom is -0.493 e. The number of rotatable bonds is 13. The van der Waals surface area contributed by atoms with E-state index >= 15 is 0 Å². The number of nitrogens with one attached hydrogen (secondary N) is 1. The first-order valence-corrected chi connectivity index (χ1v) is 13.4. The van der Waals surface area contributed by atoms with Gasteiger partial charge in [-0.3, -0.25) is 9.59 Å². The molecule has 7 heteroatoms. The van der Waals surface area contributed by atoms with Crippen LogP contribution in [0.2, 0.25) is 0 Å². The number of fused-ring (bicyclic) bond motifs is 1. The highest BCUT2D eigenvalue weighted by Gasteiger charge is 2.23. The van der Waals surface area contributed by atoms with Crippen molar-refractivity contribution in [1.29, 1.82) is 0 Å². The van der Waals surface area contributed by atoms with Crippen LogP contribution in [0.25, 0.3) is 10.9 Å². The van der Waals surface area contributed by atoms with E-state index in [1.807, 2.05) is 65.7 Å². The van der Waals surface area contributed by atoms with Crippen LogP contribution < -0.4 is 9.47 Å². The molecule has 3 aromatic carbocycles. The molecular weight excluding hydrogens is 490 g/mol. The summed E-state index contributed by atoms with van der Waals surface area (Å²) >= 11 is 0. The van der Waals surface area contributed by atoms with Gasteiger partial charge in [-0.1, -0.05) is 55.8 Å². The number of carbonyl (C=O) groups is 2. The maximum absolute atomic E-state index is 13.8. The Kier molecular flexibility index (Phi) is 9.62. The maximum Gasteiger partial charge on any atom is 0.254 e. The van der Waals surface area contributed by atoms with Gasteiger partial charge in [0.25, 0.3) is 5.91 Å². The zero-order valence-corrected chi connectivity index (χ0v) is 23.0. The average Bonchev–Trinajstić information content (AvgIpc) is 3.40. The van der Waals surface area contributed by atoms with Crippen molar-refractivity contribution in [2.75, 3.05) is 33.9 Å². The number of ether oxygens (including phenoxy) is 2. The topological polar surface area (TPSA) is 74.9 Å². The van der Waals surface area contributed by atoms with Gasteiger partial charge in [-0.2, -0.15) is 0 Å². The van der Waals surface area contributed by atoms with E-state index in [9.17, 15) is 9.59 Å². The second-order valence-electron chi connectivity index (χ2n) is 9.56. The molecule has 1 N–H and O–H groups in total. The number of amides is 2. The Morgan fingerprint density at radius 1 is 0.846 bits per heavy atom. The Bertz CT molecular complexity index is 1380. The molecule has 0 aliphatic heterocycles. The number of aromatic amines is 1. The van der Waals surface area contributed by atoms with Crippen LogP contribution in [-0.4, -0.2) is 60.5 Å². The zero-order valence-electron chi connectivity index (χ0n) is 23.0. The summed E-state index contributed by atoms with van der Waals surface area (Å²) in [5.41, 5.74) is 3.74.